The maximum absolute atomic E-state index is 13.6. The number of aliphatic hydroxyl groups excluding tert-OH is 1. The zero-order chi connectivity index (χ0) is 29.5. The van der Waals surface area contributed by atoms with Crippen molar-refractivity contribution in [3.8, 4) is 46.0 Å². The van der Waals surface area contributed by atoms with Crippen molar-refractivity contribution in [1.29, 1.82) is 0 Å². The zero-order valence-electron chi connectivity index (χ0n) is 21.3. The molecule has 6 atom stereocenters. The summed E-state index contributed by atoms with van der Waals surface area (Å²) in [4.78, 5) is 13.6. The molecule has 0 saturated carbocycles. The minimum absolute atomic E-state index is 0.00799. The van der Waals surface area contributed by atoms with Gasteiger partial charge in [0, 0.05) is 64.9 Å². The molecule has 216 valence electrons. The van der Waals surface area contributed by atoms with Crippen molar-refractivity contribution < 1.29 is 64.6 Å². The highest BCUT2D eigenvalue weighted by Gasteiger charge is 2.68. The molecule has 3 aromatic rings. The molecule has 8 rings (SSSR count). The summed E-state index contributed by atoms with van der Waals surface area (Å²) in [6.07, 6.45) is -3.89. The number of phenolic OH excluding ortho intramolecular Hbond substituents is 6. The van der Waals surface area contributed by atoms with Crippen LogP contribution in [0.1, 0.15) is 38.7 Å². The third kappa shape index (κ3) is 3.02. The van der Waals surface area contributed by atoms with Crippen LogP contribution in [-0.4, -0.2) is 70.7 Å². The van der Waals surface area contributed by atoms with Gasteiger partial charge in [-0.1, -0.05) is 0 Å². The first-order valence-corrected chi connectivity index (χ1v) is 13.0. The van der Waals surface area contributed by atoms with Crippen LogP contribution < -0.4 is 9.47 Å². The number of ether oxygens (including phenoxy) is 4. The highest BCUT2D eigenvalue weighted by molar-refractivity contribution is 6.09. The number of fused-ring (bicyclic) bond motifs is 5. The Morgan fingerprint density at radius 2 is 1.40 bits per heavy atom. The van der Waals surface area contributed by atoms with Gasteiger partial charge in [-0.3, -0.25) is 9.53 Å². The van der Waals surface area contributed by atoms with Crippen LogP contribution in [0.2, 0.25) is 0 Å². The summed E-state index contributed by atoms with van der Waals surface area (Å²) in [6, 6.07) is 5.92. The molecule has 0 aliphatic carbocycles. The van der Waals surface area contributed by atoms with Gasteiger partial charge in [-0.25, -0.2) is 0 Å². The monoisotopic (exact) mass is 578 g/mol. The van der Waals surface area contributed by atoms with Crippen molar-refractivity contribution >= 4 is 5.78 Å². The van der Waals surface area contributed by atoms with E-state index >= 15 is 0 Å². The molecule has 42 heavy (non-hydrogen) atoms. The normalized spacial score (nSPS) is 31.6. The minimum Gasteiger partial charge on any atom is -0.508 e. The smallest absolute Gasteiger partial charge is 0.255 e. The van der Waals surface area contributed by atoms with Crippen LogP contribution in [0.4, 0.5) is 0 Å². The number of aromatic hydroxyl groups is 6. The molecule has 0 amide bonds. The Morgan fingerprint density at radius 1 is 0.786 bits per heavy atom. The summed E-state index contributed by atoms with van der Waals surface area (Å²) < 4.78 is 24.6. The van der Waals surface area contributed by atoms with Crippen molar-refractivity contribution in [2.45, 2.75) is 48.8 Å². The molecule has 0 unspecified atom stereocenters. The fourth-order valence-corrected chi connectivity index (χ4v) is 6.76. The van der Waals surface area contributed by atoms with Gasteiger partial charge in [0.15, 0.2) is 23.7 Å². The molecule has 13 nitrogen and oxygen atoms in total. The second kappa shape index (κ2) is 7.77. The van der Waals surface area contributed by atoms with E-state index in [2.05, 4.69) is 0 Å². The van der Waals surface area contributed by atoms with Crippen LogP contribution >= 0.6 is 0 Å². The molecular formula is C29H22O13. The average molecular weight is 578 g/mol. The number of ketones is 1. The minimum atomic E-state index is -2.70. The Morgan fingerprint density at radius 3 is 2.07 bits per heavy atom. The average Bonchev–Trinajstić information content (AvgIpc) is 3.18. The van der Waals surface area contributed by atoms with E-state index in [1.807, 2.05) is 0 Å². The topological polar surface area (TPSA) is 216 Å². The van der Waals surface area contributed by atoms with Crippen LogP contribution in [0.25, 0.3) is 0 Å². The largest absolute Gasteiger partial charge is 0.508 e. The Kier molecular flexibility index (Phi) is 4.64. The van der Waals surface area contributed by atoms with Crippen molar-refractivity contribution in [3.05, 3.63) is 69.8 Å². The number of benzene rings is 3. The third-order valence-electron chi connectivity index (χ3n) is 8.51. The first-order chi connectivity index (χ1) is 19.9. The number of phenols is 6. The van der Waals surface area contributed by atoms with Gasteiger partial charge in [0.2, 0.25) is 11.6 Å². The number of carbonyl (C=O) groups is 1. The summed E-state index contributed by atoms with van der Waals surface area (Å²) in [5, 5.41) is 85.0. The van der Waals surface area contributed by atoms with Crippen LogP contribution in [0, 0.1) is 0 Å². The molecule has 13 heteroatoms. The van der Waals surface area contributed by atoms with Crippen LogP contribution in [0.15, 0.2) is 42.0 Å². The Balaban J connectivity index is 1.34. The number of hydrogen-bond donors (Lipinski definition) is 8. The standard InChI is InChI=1S/C29H22O13/c30-9-1-15(32)11-5-18(35)26(40-19(11)3-9)14-8-28(38)27(37)22-23-13(6-17(34)24(22)36)25-21(41-29(14,23)42-28)7-12-16(33)2-10(31)4-20(12)39-25/h1-4,6,8,18,21,25-26,30-36,38H,5,7H2/t18-,21-,25-,26-,28+,29-/m1/s1. The van der Waals surface area contributed by atoms with E-state index in [4.69, 9.17) is 18.9 Å². The first kappa shape index (κ1) is 25.1. The van der Waals surface area contributed by atoms with Gasteiger partial charge in [0.1, 0.15) is 40.6 Å². The van der Waals surface area contributed by atoms with Gasteiger partial charge >= 0.3 is 0 Å². The van der Waals surface area contributed by atoms with E-state index in [1.54, 1.807) is 0 Å². The summed E-state index contributed by atoms with van der Waals surface area (Å²) in [5.41, 5.74) is 0.0216. The van der Waals surface area contributed by atoms with Gasteiger partial charge in [-0.05, 0) is 12.1 Å². The van der Waals surface area contributed by atoms with Crippen molar-refractivity contribution in [2.24, 2.45) is 0 Å². The fourth-order valence-electron chi connectivity index (χ4n) is 6.76. The van der Waals surface area contributed by atoms with Gasteiger partial charge in [0.05, 0.1) is 11.7 Å². The van der Waals surface area contributed by atoms with E-state index in [-0.39, 0.29) is 75.2 Å². The SMILES string of the molecule is O=C1c2c(O)c(O)cc3c2[C@]2(O[C@@H]4Cc5c(O)cc(O)cc5O[C@H]34)O[C@@]1(O)C=C2[C@H]1Oc2cc(O)cc(O)c2C[C@H]1O. The Bertz CT molecular complexity index is 1800. The Hall–Kier alpha value is -4.69. The van der Waals surface area contributed by atoms with Gasteiger partial charge in [0.25, 0.3) is 5.79 Å². The molecule has 0 radical (unpaired) electrons. The van der Waals surface area contributed by atoms with Crippen LogP contribution in [0.3, 0.4) is 0 Å². The summed E-state index contributed by atoms with van der Waals surface area (Å²) >= 11 is 0. The lowest BCUT2D eigenvalue weighted by Crippen LogP contribution is -2.57. The molecule has 5 aliphatic heterocycles. The summed E-state index contributed by atoms with van der Waals surface area (Å²) in [7, 11) is 0. The number of aliphatic hydroxyl groups is 2. The molecule has 2 bridgehead atoms. The molecule has 8 N–H and O–H groups in total. The highest BCUT2D eigenvalue weighted by atomic mass is 16.8. The fraction of sp³-hybridized carbons (Fsp3) is 0.276. The van der Waals surface area contributed by atoms with Gasteiger partial charge in [-0.2, -0.15) is 0 Å². The molecule has 5 aliphatic rings. The predicted octanol–water partition coefficient (Wildman–Crippen LogP) is 1.35. The molecule has 0 saturated heterocycles. The predicted molar refractivity (Wildman–Crippen MR) is 136 cm³/mol. The lowest BCUT2D eigenvalue weighted by Gasteiger charge is -2.50. The molecular weight excluding hydrogens is 556 g/mol. The third-order valence-corrected chi connectivity index (χ3v) is 8.51. The van der Waals surface area contributed by atoms with E-state index in [0.29, 0.717) is 0 Å². The summed E-state index contributed by atoms with van der Waals surface area (Å²) in [6.45, 7) is 0. The van der Waals surface area contributed by atoms with Crippen molar-refractivity contribution in [1.82, 2.24) is 0 Å². The maximum atomic E-state index is 13.6. The number of Topliss-reactive ketones (excluding diaryl/α,β-unsaturated/α-hetero) is 1. The lowest BCUT2D eigenvalue weighted by atomic mass is 9.77. The maximum Gasteiger partial charge on any atom is 0.255 e. The van der Waals surface area contributed by atoms with E-state index in [1.165, 1.54) is 18.2 Å². The molecule has 0 aromatic heterocycles. The quantitative estimate of drug-likeness (QED) is 0.151. The number of hydrogen-bond acceptors (Lipinski definition) is 13. The van der Waals surface area contributed by atoms with Crippen LogP contribution in [-0.2, 0) is 28.1 Å². The van der Waals surface area contributed by atoms with Crippen LogP contribution in [0.5, 0.6) is 46.0 Å². The first-order valence-electron chi connectivity index (χ1n) is 13.0. The molecule has 0 fully saturated rings. The van der Waals surface area contributed by atoms with Gasteiger partial charge < -0.3 is 55.1 Å². The Labute approximate surface area is 235 Å². The zero-order valence-corrected chi connectivity index (χ0v) is 21.3. The second-order valence-electron chi connectivity index (χ2n) is 11.0. The number of rotatable bonds is 1. The number of carbonyl (C=O) groups excluding carboxylic acids is 1. The van der Waals surface area contributed by atoms with Crippen molar-refractivity contribution in [2.75, 3.05) is 0 Å². The van der Waals surface area contributed by atoms with E-state index in [9.17, 15) is 45.6 Å². The highest BCUT2D eigenvalue weighted by Crippen LogP contribution is 2.62. The van der Waals surface area contributed by atoms with E-state index < -0.39 is 58.8 Å². The van der Waals surface area contributed by atoms with Gasteiger partial charge in [-0.15, -0.1) is 0 Å². The van der Waals surface area contributed by atoms with Crippen molar-refractivity contribution in [3.63, 3.8) is 0 Å². The summed E-state index contributed by atoms with van der Waals surface area (Å²) in [5.74, 6) is -8.49. The lowest BCUT2D eigenvalue weighted by molar-refractivity contribution is -0.323. The van der Waals surface area contributed by atoms with E-state index in [0.717, 1.165) is 18.2 Å². The molecule has 3 aromatic carbocycles. The molecule has 1 spiro atoms. The second-order valence-corrected chi connectivity index (χ2v) is 11.0. The molecule has 5 heterocycles.